The van der Waals surface area contributed by atoms with Gasteiger partial charge in [-0.15, -0.1) is 0 Å². The quantitative estimate of drug-likeness (QED) is 0.823. The van der Waals surface area contributed by atoms with E-state index >= 15 is 0 Å². The van der Waals surface area contributed by atoms with Crippen LogP contribution in [0.1, 0.15) is 28.9 Å². The van der Waals surface area contributed by atoms with Crippen LogP contribution in [0.5, 0.6) is 0 Å². The Morgan fingerprint density at radius 1 is 1.11 bits per heavy atom. The van der Waals surface area contributed by atoms with Crippen LogP contribution < -0.4 is 5.73 Å². The first-order valence-corrected chi connectivity index (χ1v) is 6.25. The van der Waals surface area contributed by atoms with Gasteiger partial charge in [-0.25, -0.2) is 0 Å². The number of hydrogen-bond acceptors (Lipinski definition) is 2. The second-order valence-electron chi connectivity index (χ2n) is 4.80. The first kappa shape index (κ1) is 11.0. The molecule has 1 heterocycles. The Labute approximate surface area is 107 Å². The zero-order chi connectivity index (χ0) is 12.5. The minimum absolute atomic E-state index is 0.789. The monoisotopic (exact) mass is 236 g/mol. The number of hydrogen-bond donors (Lipinski definition) is 1. The van der Waals surface area contributed by atoms with E-state index < -0.39 is 0 Å². The summed E-state index contributed by atoms with van der Waals surface area (Å²) in [4.78, 5) is 4.58. The van der Waals surface area contributed by atoms with Gasteiger partial charge in [0.15, 0.2) is 0 Å². The normalized spacial score (nSPS) is 13.9. The minimum Gasteiger partial charge on any atom is -0.399 e. The largest absolute Gasteiger partial charge is 0.399 e. The number of pyridine rings is 1. The maximum Gasteiger partial charge on any atom is 0.0685 e. The number of fused-ring (bicyclic) bond motifs is 1. The van der Waals surface area contributed by atoms with Crippen LogP contribution in [0.4, 0.5) is 5.69 Å². The molecule has 0 saturated carbocycles. The van der Waals surface area contributed by atoms with Gasteiger partial charge in [0, 0.05) is 11.4 Å². The molecule has 18 heavy (non-hydrogen) atoms. The highest BCUT2D eigenvalue weighted by Gasteiger charge is 2.12. The first-order chi connectivity index (χ1) is 8.72. The van der Waals surface area contributed by atoms with Gasteiger partial charge in [-0.3, -0.25) is 4.98 Å². The van der Waals surface area contributed by atoms with Gasteiger partial charge in [0.05, 0.1) is 5.69 Å². The van der Waals surface area contributed by atoms with E-state index in [1.165, 1.54) is 16.7 Å². The molecule has 2 nitrogen and oxygen atoms in total. The molecule has 0 unspecified atom stereocenters. The molecule has 2 aromatic rings. The number of rotatable bonds is 1. The average Bonchev–Trinajstić information content (AvgIpc) is 2.37. The number of nitrogens with zero attached hydrogens (tertiary/aromatic N) is 1. The van der Waals surface area contributed by atoms with Crippen LogP contribution in [0.15, 0.2) is 36.4 Å². The summed E-state index contributed by atoms with van der Waals surface area (Å²) in [6, 6.07) is 12.4. The van der Waals surface area contributed by atoms with E-state index in [9.17, 15) is 0 Å². The minimum atomic E-state index is 0.789. The summed E-state index contributed by atoms with van der Waals surface area (Å²) in [7, 11) is 0. The van der Waals surface area contributed by atoms with Crippen molar-refractivity contribution in [2.24, 2.45) is 0 Å². The molecule has 1 aromatic carbocycles. The highest BCUT2D eigenvalue weighted by molar-refractivity contribution is 5.83. The second-order valence-corrected chi connectivity index (χ2v) is 4.80. The summed E-state index contributed by atoms with van der Waals surface area (Å²) < 4.78 is 0. The molecule has 2 N–H and O–H groups in total. The van der Waals surface area contributed by atoms with Crippen LogP contribution in [0, 0.1) is 6.92 Å². The molecular formula is C16H16N2. The van der Waals surface area contributed by atoms with Crippen molar-refractivity contribution >= 4 is 17.3 Å². The third kappa shape index (κ3) is 2.02. The number of nitrogens with two attached hydrogens (primary N) is 1. The summed E-state index contributed by atoms with van der Waals surface area (Å²) in [5, 5.41) is 0. The Hall–Kier alpha value is -2.09. The van der Waals surface area contributed by atoms with E-state index in [1.54, 1.807) is 0 Å². The van der Waals surface area contributed by atoms with Crippen LogP contribution in [0.2, 0.25) is 0 Å². The van der Waals surface area contributed by atoms with Crippen molar-refractivity contribution in [1.29, 1.82) is 0 Å². The fourth-order valence-corrected chi connectivity index (χ4v) is 2.49. The van der Waals surface area contributed by atoms with E-state index in [0.29, 0.717) is 0 Å². The van der Waals surface area contributed by atoms with Crippen LogP contribution >= 0.6 is 0 Å². The van der Waals surface area contributed by atoms with Crippen LogP contribution in [0.25, 0.3) is 11.6 Å². The Morgan fingerprint density at radius 2 is 1.94 bits per heavy atom. The average molecular weight is 236 g/mol. The molecule has 0 bridgehead atoms. The zero-order valence-corrected chi connectivity index (χ0v) is 10.5. The van der Waals surface area contributed by atoms with Gasteiger partial charge >= 0.3 is 0 Å². The molecule has 1 aliphatic carbocycles. The maximum absolute atomic E-state index is 5.89. The van der Waals surface area contributed by atoms with Gasteiger partial charge in [0.1, 0.15) is 0 Å². The van der Waals surface area contributed by atoms with Crippen molar-refractivity contribution < 1.29 is 0 Å². The molecule has 90 valence electrons. The molecule has 1 aromatic heterocycles. The van der Waals surface area contributed by atoms with E-state index in [0.717, 1.165) is 29.9 Å². The first-order valence-electron chi connectivity index (χ1n) is 6.25. The SMILES string of the molecule is Cc1cc(N)cc(C2=Cc3ccccc3CC2)n1. The standard InChI is InChI=1S/C16H16N2/c1-11-8-15(17)10-16(18-11)14-7-6-12-4-2-3-5-13(12)9-14/h2-5,8-10H,6-7H2,1H3,(H2,17,18). The van der Waals surface area contributed by atoms with Crippen molar-refractivity contribution in [2.75, 3.05) is 5.73 Å². The topological polar surface area (TPSA) is 38.9 Å². The Bertz CT molecular complexity index is 606. The van der Waals surface area contributed by atoms with Gasteiger partial charge in [-0.1, -0.05) is 24.3 Å². The lowest BCUT2D eigenvalue weighted by Gasteiger charge is -2.16. The number of aromatic nitrogens is 1. The van der Waals surface area contributed by atoms with E-state index in [1.807, 2.05) is 19.1 Å². The van der Waals surface area contributed by atoms with Gasteiger partial charge in [-0.05, 0) is 54.7 Å². The number of nitrogen functional groups attached to an aromatic ring is 1. The number of allylic oxidation sites excluding steroid dienone is 1. The van der Waals surface area contributed by atoms with Crippen molar-refractivity contribution in [1.82, 2.24) is 4.98 Å². The molecule has 0 aliphatic heterocycles. The molecule has 0 radical (unpaired) electrons. The lowest BCUT2D eigenvalue weighted by molar-refractivity contribution is 0.987. The molecule has 3 rings (SSSR count). The fourth-order valence-electron chi connectivity index (χ4n) is 2.49. The van der Waals surface area contributed by atoms with E-state index in [2.05, 4.69) is 35.3 Å². The smallest absolute Gasteiger partial charge is 0.0685 e. The van der Waals surface area contributed by atoms with E-state index in [-0.39, 0.29) is 0 Å². The molecular weight excluding hydrogens is 220 g/mol. The summed E-state index contributed by atoms with van der Waals surface area (Å²) in [5.74, 6) is 0. The third-order valence-electron chi connectivity index (χ3n) is 3.35. The van der Waals surface area contributed by atoms with Gasteiger partial charge in [0.25, 0.3) is 0 Å². The second kappa shape index (κ2) is 4.30. The molecule has 0 amide bonds. The number of benzene rings is 1. The van der Waals surface area contributed by atoms with Crippen molar-refractivity contribution in [3.63, 3.8) is 0 Å². The maximum atomic E-state index is 5.89. The fraction of sp³-hybridized carbons (Fsp3) is 0.188. The molecule has 0 fully saturated rings. The Morgan fingerprint density at radius 3 is 2.78 bits per heavy atom. The predicted octanol–water partition coefficient (Wildman–Crippen LogP) is 3.46. The molecule has 0 atom stereocenters. The Kier molecular flexibility index (Phi) is 2.63. The summed E-state index contributed by atoms with van der Waals surface area (Å²) >= 11 is 0. The molecule has 0 saturated heterocycles. The van der Waals surface area contributed by atoms with Crippen molar-refractivity contribution in [3.8, 4) is 0 Å². The van der Waals surface area contributed by atoms with Crippen LogP contribution in [0.3, 0.4) is 0 Å². The van der Waals surface area contributed by atoms with Gasteiger partial charge < -0.3 is 5.73 Å². The summed E-state index contributed by atoms with van der Waals surface area (Å²) in [6.07, 6.45) is 4.35. The highest BCUT2D eigenvalue weighted by atomic mass is 14.7. The van der Waals surface area contributed by atoms with Gasteiger partial charge in [0.2, 0.25) is 0 Å². The number of anilines is 1. The molecule has 1 aliphatic rings. The lowest BCUT2D eigenvalue weighted by Crippen LogP contribution is -2.01. The highest BCUT2D eigenvalue weighted by Crippen LogP contribution is 2.30. The Balaban J connectivity index is 2.06. The van der Waals surface area contributed by atoms with Crippen LogP contribution in [-0.2, 0) is 6.42 Å². The molecule has 0 spiro atoms. The third-order valence-corrected chi connectivity index (χ3v) is 3.35. The predicted molar refractivity (Wildman–Crippen MR) is 76.0 cm³/mol. The summed E-state index contributed by atoms with van der Waals surface area (Å²) in [6.45, 7) is 1.98. The van der Waals surface area contributed by atoms with Crippen molar-refractivity contribution in [2.45, 2.75) is 19.8 Å². The van der Waals surface area contributed by atoms with Crippen molar-refractivity contribution in [3.05, 3.63) is 58.9 Å². The van der Waals surface area contributed by atoms with Gasteiger partial charge in [-0.2, -0.15) is 0 Å². The lowest BCUT2D eigenvalue weighted by atomic mass is 9.90. The zero-order valence-electron chi connectivity index (χ0n) is 10.5. The number of aryl methyl sites for hydroxylation is 2. The molecule has 2 heteroatoms. The van der Waals surface area contributed by atoms with E-state index in [4.69, 9.17) is 5.73 Å². The van der Waals surface area contributed by atoms with Crippen LogP contribution in [-0.4, -0.2) is 4.98 Å². The summed E-state index contributed by atoms with van der Waals surface area (Å²) in [5.41, 5.74) is 12.7.